The molecule has 2 aromatic rings. The van der Waals surface area contributed by atoms with Gasteiger partial charge >= 0.3 is 0 Å². The molecule has 9 nitrogen and oxygen atoms in total. The number of nitrogens with one attached hydrogen (secondary N) is 1. The zero-order valence-corrected chi connectivity index (χ0v) is 14.6. The molecule has 1 aliphatic rings. The van der Waals surface area contributed by atoms with E-state index in [1.165, 1.54) is 19.2 Å². The molecule has 1 atom stereocenters. The van der Waals surface area contributed by atoms with Crippen molar-refractivity contribution in [2.24, 2.45) is 0 Å². The third kappa shape index (κ3) is 3.70. The van der Waals surface area contributed by atoms with Gasteiger partial charge in [-0.3, -0.25) is 10.1 Å². The van der Waals surface area contributed by atoms with Gasteiger partial charge in [-0.2, -0.15) is 0 Å². The largest absolute Gasteiger partial charge is 0.495 e. The first kappa shape index (κ1) is 18.0. The minimum atomic E-state index is -4.05. The highest BCUT2D eigenvalue weighted by atomic mass is 32.2. The molecule has 0 unspecified atom stereocenters. The third-order valence-electron chi connectivity index (χ3n) is 3.72. The molecule has 2 aromatic carbocycles. The maximum Gasteiger partial charge on any atom is 0.271 e. The van der Waals surface area contributed by atoms with Crippen molar-refractivity contribution in [3.05, 3.63) is 52.6 Å². The zero-order chi connectivity index (χ0) is 18.7. The monoisotopic (exact) mass is 380 g/mol. The van der Waals surface area contributed by atoms with Crippen molar-refractivity contribution in [2.45, 2.75) is 11.0 Å². The fourth-order valence-corrected chi connectivity index (χ4v) is 3.69. The van der Waals surface area contributed by atoms with Gasteiger partial charge in [-0.25, -0.2) is 13.1 Å². The van der Waals surface area contributed by atoms with Crippen LogP contribution in [-0.2, 0) is 10.0 Å². The number of nitro benzene ring substituents is 1. The number of methoxy groups -OCH3 is 1. The predicted molar refractivity (Wildman–Crippen MR) is 91.2 cm³/mol. The van der Waals surface area contributed by atoms with Gasteiger partial charge in [-0.05, 0) is 18.2 Å². The van der Waals surface area contributed by atoms with Gasteiger partial charge < -0.3 is 14.2 Å². The summed E-state index contributed by atoms with van der Waals surface area (Å²) in [6.07, 6.45) is -0.538. The molecule has 0 bridgehead atoms. The number of fused-ring (bicyclic) bond motifs is 1. The molecule has 0 radical (unpaired) electrons. The molecule has 0 aliphatic carbocycles. The topological polar surface area (TPSA) is 117 Å². The van der Waals surface area contributed by atoms with Gasteiger partial charge in [0.1, 0.15) is 23.4 Å². The Kier molecular flexibility index (Phi) is 4.96. The van der Waals surface area contributed by atoms with E-state index in [-0.39, 0.29) is 29.5 Å². The second kappa shape index (κ2) is 7.18. The van der Waals surface area contributed by atoms with Crippen molar-refractivity contribution in [1.29, 1.82) is 0 Å². The summed E-state index contributed by atoms with van der Waals surface area (Å²) in [5.41, 5.74) is -0.350. The van der Waals surface area contributed by atoms with Gasteiger partial charge in [0.15, 0.2) is 11.5 Å². The maximum atomic E-state index is 12.6. The van der Waals surface area contributed by atoms with Crippen LogP contribution in [0.15, 0.2) is 47.4 Å². The number of benzene rings is 2. The Balaban J connectivity index is 1.76. The first-order chi connectivity index (χ1) is 12.4. The zero-order valence-electron chi connectivity index (χ0n) is 13.7. The minimum Gasteiger partial charge on any atom is -0.495 e. The van der Waals surface area contributed by atoms with Gasteiger partial charge in [0, 0.05) is 12.1 Å². The van der Waals surface area contributed by atoms with Crippen molar-refractivity contribution in [2.75, 3.05) is 20.3 Å². The fourth-order valence-electron chi connectivity index (χ4n) is 2.43. The van der Waals surface area contributed by atoms with E-state index in [0.29, 0.717) is 11.5 Å². The first-order valence-electron chi connectivity index (χ1n) is 7.61. The smallest absolute Gasteiger partial charge is 0.271 e. The summed E-state index contributed by atoms with van der Waals surface area (Å²) in [4.78, 5) is 9.93. The van der Waals surface area contributed by atoms with Crippen molar-refractivity contribution in [3.63, 3.8) is 0 Å². The van der Waals surface area contributed by atoms with E-state index in [1.54, 1.807) is 24.3 Å². The lowest BCUT2D eigenvalue weighted by molar-refractivity contribution is -0.385. The number of sulfonamides is 1. The average Bonchev–Trinajstić information content (AvgIpc) is 2.65. The Morgan fingerprint density at radius 3 is 2.69 bits per heavy atom. The van der Waals surface area contributed by atoms with E-state index in [4.69, 9.17) is 14.2 Å². The number of hydrogen-bond donors (Lipinski definition) is 1. The lowest BCUT2D eigenvalue weighted by atomic mass is 10.2. The molecule has 138 valence electrons. The highest BCUT2D eigenvalue weighted by Gasteiger charge is 2.26. The summed E-state index contributed by atoms with van der Waals surface area (Å²) in [5.74, 6) is 1.12. The summed E-state index contributed by atoms with van der Waals surface area (Å²) >= 11 is 0. The molecule has 0 saturated heterocycles. The lowest BCUT2D eigenvalue weighted by Gasteiger charge is -2.26. The molecule has 1 N–H and O–H groups in total. The van der Waals surface area contributed by atoms with E-state index in [2.05, 4.69) is 4.72 Å². The standard InChI is InChI=1S/C16H16N2O7S/c1-23-15-7-6-11(18(19)20)8-16(15)26(21,22)17-9-12-10-24-13-4-2-3-5-14(13)25-12/h2-8,12,17H,9-10H2,1H3/t12-/m0/s1. The van der Waals surface area contributed by atoms with E-state index in [9.17, 15) is 18.5 Å². The lowest BCUT2D eigenvalue weighted by Crippen LogP contribution is -2.40. The normalized spacial score (nSPS) is 16.1. The summed E-state index contributed by atoms with van der Waals surface area (Å²) in [7, 11) is -2.76. The number of hydrogen-bond acceptors (Lipinski definition) is 7. The van der Waals surface area contributed by atoms with Crippen LogP contribution < -0.4 is 18.9 Å². The van der Waals surface area contributed by atoms with Crippen molar-refractivity contribution in [3.8, 4) is 17.2 Å². The number of non-ortho nitro benzene ring substituents is 1. The highest BCUT2D eigenvalue weighted by molar-refractivity contribution is 7.89. The molecule has 10 heteroatoms. The molecule has 1 aliphatic heterocycles. The fraction of sp³-hybridized carbons (Fsp3) is 0.250. The molecule has 0 fully saturated rings. The van der Waals surface area contributed by atoms with Crippen molar-refractivity contribution in [1.82, 2.24) is 4.72 Å². The Labute approximate surface area is 149 Å². The van der Waals surface area contributed by atoms with E-state index in [1.807, 2.05) is 0 Å². The number of para-hydroxylation sites is 2. The molecule has 1 heterocycles. The molecule has 26 heavy (non-hydrogen) atoms. The second-order valence-electron chi connectivity index (χ2n) is 5.44. The Hall–Kier alpha value is -2.85. The Bertz CT molecular complexity index is 930. The molecule has 0 spiro atoms. The van der Waals surface area contributed by atoms with Gasteiger partial charge in [0.05, 0.1) is 18.6 Å². The molecule has 0 amide bonds. The number of nitrogens with zero attached hydrogens (tertiary/aromatic N) is 1. The van der Waals surface area contributed by atoms with Gasteiger partial charge in [-0.1, -0.05) is 12.1 Å². The highest BCUT2D eigenvalue weighted by Crippen LogP contribution is 2.31. The number of rotatable bonds is 6. The van der Waals surface area contributed by atoms with Crippen LogP contribution in [0.4, 0.5) is 5.69 Å². The summed E-state index contributed by atoms with van der Waals surface area (Å²) in [5, 5.41) is 10.9. The van der Waals surface area contributed by atoms with Crippen molar-refractivity contribution >= 4 is 15.7 Å². The van der Waals surface area contributed by atoms with E-state index in [0.717, 1.165) is 6.07 Å². The number of ether oxygens (including phenoxy) is 3. The van der Waals surface area contributed by atoms with Crippen molar-refractivity contribution < 1.29 is 27.6 Å². The summed E-state index contributed by atoms with van der Waals surface area (Å²) in [6.45, 7) is 0.105. The van der Waals surface area contributed by atoms with Gasteiger partial charge in [0.25, 0.3) is 5.69 Å². The Morgan fingerprint density at radius 2 is 2.00 bits per heavy atom. The van der Waals surface area contributed by atoms with Crippen LogP contribution in [-0.4, -0.2) is 39.7 Å². The molecule has 0 saturated carbocycles. The third-order valence-corrected chi connectivity index (χ3v) is 5.16. The molecular weight excluding hydrogens is 364 g/mol. The molecule has 3 rings (SSSR count). The van der Waals surface area contributed by atoms with Crippen LogP contribution in [0.2, 0.25) is 0 Å². The molecular formula is C16H16N2O7S. The van der Waals surface area contributed by atoms with Crippen LogP contribution >= 0.6 is 0 Å². The van der Waals surface area contributed by atoms with Crippen LogP contribution in [0, 0.1) is 10.1 Å². The number of nitro groups is 1. The minimum absolute atomic E-state index is 0.00857. The van der Waals surface area contributed by atoms with Crippen LogP contribution in [0.25, 0.3) is 0 Å². The Morgan fingerprint density at radius 1 is 1.27 bits per heavy atom. The average molecular weight is 380 g/mol. The SMILES string of the molecule is COc1ccc([N+](=O)[O-])cc1S(=O)(=O)NC[C@H]1COc2ccccc2O1. The van der Waals surface area contributed by atoms with Crippen LogP contribution in [0.3, 0.4) is 0 Å². The summed E-state index contributed by atoms with van der Waals surface area (Å²) < 4.78 is 43.7. The van der Waals surface area contributed by atoms with Gasteiger partial charge in [0.2, 0.25) is 10.0 Å². The summed E-state index contributed by atoms with van der Waals surface area (Å²) in [6, 6.07) is 10.4. The quantitative estimate of drug-likeness (QED) is 0.599. The first-order valence-corrected chi connectivity index (χ1v) is 9.09. The maximum absolute atomic E-state index is 12.6. The van der Waals surface area contributed by atoms with Gasteiger partial charge in [-0.15, -0.1) is 0 Å². The second-order valence-corrected chi connectivity index (χ2v) is 7.18. The van der Waals surface area contributed by atoms with E-state index >= 15 is 0 Å². The van der Waals surface area contributed by atoms with E-state index < -0.39 is 21.1 Å². The van der Waals surface area contributed by atoms with Crippen LogP contribution in [0.5, 0.6) is 17.2 Å². The van der Waals surface area contributed by atoms with Crippen LogP contribution in [0.1, 0.15) is 0 Å². The molecule has 0 aromatic heterocycles. The predicted octanol–water partition coefficient (Wildman–Crippen LogP) is 1.72.